The molecule has 3 rings (SSSR count). The summed E-state index contributed by atoms with van der Waals surface area (Å²) in [5, 5.41) is 16.3. The molecule has 1 atom stereocenters. The van der Waals surface area contributed by atoms with Gasteiger partial charge in [-0.05, 0) is 11.8 Å². The molecule has 0 spiro atoms. The first-order valence-corrected chi connectivity index (χ1v) is 6.63. The summed E-state index contributed by atoms with van der Waals surface area (Å²) >= 11 is 1.41. The maximum absolute atomic E-state index is 11.2. The number of anilines is 1. The lowest BCUT2D eigenvalue weighted by Gasteiger charge is -2.31. The lowest BCUT2D eigenvalue weighted by atomic mass is 10.2. The fourth-order valence-corrected chi connectivity index (χ4v) is 2.97. The molecule has 0 unspecified atom stereocenters. The van der Waals surface area contributed by atoms with Crippen molar-refractivity contribution < 1.29 is 4.92 Å². The standard InChI is InChI=1S/C10H13N5O2S/c1-7-6-13(3-2-11-7)8-9(15(16)17)14-4-5-18-10(14)12-8/h4-5,7,11H,2-3,6H2,1H3/t7-/m1/s1. The van der Waals surface area contributed by atoms with Crippen LogP contribution in [-0.4, -0.2) is 40.0 Å². The van der Waals surface area contributed by atoms with Crippen LogP contribution in [0, 0.1) is 10.1 Å². The summed E-state index contributed by atoms with van der Waals surface area (Å²) in [6.45, 7) is 4.38. The van der Waals surface area contributed by atoms with Gasteiger partial charge in [0.15, 0.2) is 0 Å². The summed E-state index contributed by atoms with van der Waals surface area (Å²) in [6, 6.07) is 0.318. The van der Waals surface area contributed by atoms with Crippen LogP contribution in [0.5, 0.6) is 0 Å². The van der Waals surface area contributed by atoms with Crippen LogP contribution in [0.3, 0.4) is 0 Å². The third-order valence-corrected chi connectivity index (χ3v) is 3.82. The van der Waals surface area contributed by atoms with Gasteiger partial charge in [0.1, 0.15) is 6.20 Å². The predicted octanol–water partition coefficient (Wildman–Crippen LogP) is 1.10. The zero-order chi connectivity index (χ0) is 12.7. The first-order chi connectivity index (χ1) is 8.66. The van der Waals surface area contributed by atoms with Crippen LogP contribution in [0.2, 0.25) is 0 Å². The van der Waals surface area contributed by atoms with Crippen LogP contribution in [-0.2, 0) is 0 Å². The Morgan fingerprint density at radius 1 is 1.67 bits per heavy atom. The lowest BCUT2D eigenvalue weighted by Crippen LogP contribution is -2.49. The molecule has 2 aromatic rings. The van der Waals surface area contributed by atoms with Crippen LogP contribution in [0.1, 0.15) is 6.92 Å². The molecule has 1 fully saturated rings. The fraction of sp³-hybridized carbons (Fsp3) is 0.500. The summed E-state index contributed by atoms with van der Waals surface area (Å²) < 4.78 is 1.55. The van der Waals surface area contributed by atoms with Gasteiger partial charge in [0, 0.05) is 31.1 Å². The number of thiazole rings is 1. The van der Waals surface area contributed by atoms with Crippen LogP contribution >= 0.6 is 11.3 Å². The maximum Gasteiger partial charge on any atom is 0.373 e. The third-order valence-electron chi connectivity index (χ3n) is 3.06. The van der Waals surface area contributed by atoms with E-state index >= 15 is 0 Å². The van der Waals surface area contributed by atoms with Crippen molar-refractivity contribution in [2.75, 3.05) is 24.5 Å². The van der Waals surface area contributed by atoms with E-state index in [2.05, 4.69) is 17.2 Å². The average molecular weight is 267 g/mol. The molecule has 1 N–H and O–H groups in total. The number of hydrogen-bond donors (Lipinski definition) is 1. The first kappa shape index (κ1) is 11.4. The van der Waals surface area contributed by atoms with E-state index in [1.54, 1.807) is 16.0 Å². The van der Waals surface area contributed by atoms with E-state index in [1.165, 1.54) is 11.3 Å². The van der Waals surface area contributed by atoms with E-state index in [0.717, 1.165) is 19.6 Å². The minimum absolute atomic E-state index is 0.0698. The predicted molar refractivity (Wildman–Crippen MR) is 69.4 cm³/mol. The molecule has 1 aliphatic heterocycles. The van der Waals surface area contributed by atoms with Crippen LogP contribution < -0.4 is 10.2 Å². The van der Waals surface area contributed by atoms with E-state index in [-0.39, 0.29) is 10.7 Å². The quantitative estimate of drug-likeness (QED) is 0.651. The van der Waals surface area contributed by atoms with Gasteiger partial charge >= 0.3 is 5.82 Å². The van der Waals surface area contributed by atoms with Crippen molar-refractivity contribution in [3.05, 3.63) is 21.7 Å². The number of fused-ring (bicyclic) bond motifs is 1. The molecule has 0 amide bonds. The molecule has 8 heteroatoms. The molecule has 2 aromatic heterocycles. The number of nitrogens with one attached hydrogen (secondary N) is 1. The van der Waals surface area contributed by atoms with Crippen molar-refractivity contribution in [3.63, 3.8) is 0 Å². The number of aromatic nitrogens is 2. The summed E-state index contributed by atoms with van der Waals surface area (Å²) in [6.07, 6.45) is 1.69. The van der Waals surface area contributed by atoms with Gasteiger partial charge in [0.2, 0.25) is 5.82 Å². The van der Waals surface area contributed by atoms with Crippen molar-refractivity contribution >= 4 is 27.9 Å². The Bertz CT molecular complexity index is 592. The van der Waals surface area contributed by atoms with Crippen molar-refractivity contribution in [1.82, 2.24) is 14.7 Å². The SMILES string of the molecule is C[C@@H]1CN(c2nc3sccn3c2[N+](=O)[O-])CCN1. The number of nitrogens with zero attached hydrogens (tertiary/aromatic N) is 4. The molecule has 1 saturated heterocycles. The molecule has 0 saturated carbocycles. The Balaban J connectivity index is 2.07. The zero-order valence-electron chi connectivity index (χ0n) is 9.87. The summed E-state index contributed by atoms with van der Waals surface area (Å²) in [7, 11) is 0. The minimum Gasteiger partial charge on any atom is -0.358 e. The van der Waals surface area contributed by atoms with Crippen LogP contribution in [0.25, 0.3) is 4.96 Å². The van der Waals surface area contributed by atoms with Gasteiger partial charge in [-0.15, -0.1) is 0 Å². The highest BCUT2D eigenvalue weighted by Crippen LogP contribution is 2.31. The van der Waals surface area contributed by atoms with Gasteiger partial charge in [0.25, 0.3) is 4.96 Å². The van der Waals surface area contributed by atoms with E-state index in [9.17, 15) is 10.1 Å². The number of rotatable bonds is 2. The molecular formula is C10H13N5O2S. The Hall–Kier alpha value is -1.67. The van der Waals surface area contributed by atoms with Gasteiger partial charge in [-0.2, -0.15) is 9.38 Å². The third kappa shape index (κ3) is 1.73. The zero-order valence-corrected chi connectivity index (χ0v) is 10.7. The second-order valence-electron chi connectivity index (χ2n) is 4.37. The average Bonchev–Trinajstić information content (AvgIpc) is 2.87. The molecule has 0 radical (unpaired) electrons. The van der Waals surface area contributed by atoms with Crippen molar-refractivity contribution in [2.24, 2.45) is 0 Å². The van der Waals surface area contributed by atoms with Crippen LogP contribution in [0.15, 0.2) is 11.6 Å². The number of piperazine rings is 1. The monoisotopic (exact) mass is 267 g/mol. The van der Waals surface area contributed by atoms with E-state index in [4.69, 9.17) is 0 Å². The highest BCUT2D eigenvalue weighted by atomic mass is 32.1. The molecule has 1 aliphatic rings. The van der Waals surface area contributed by atoms with Gasteiger partial charge < -0.3 is 20.3 Å². The summed E-state index contributed by atoms with van der Waals surface area (Å²) in [5.74, 6) is 0.556. The van der Waals surface area contributed by atoms with Crippen molar-refractivity contribution in [1.29, 1.82) is 0 Å². The fourth-order valence-electron chi connectivity index (χ4n) is 2.27. The normalized spacial score (nSPS) is 20.5. The highest BCUT2D eigenvalue weighted by Gasteiger charge is 2.29. The molecule has 0 aromatic carbocycles. The van der Waals surface area contributed by atoms with Crippen molar-refractivity contribution in [3.8, 4) is 0 Å². The first-order valence-electron chi connectivity index (χ1n) is 5.75. The molecule has 0 bridgehead atoms. The Kier molecular flexibility index (Phi) is 2.67. The Morgan fingerprint density at radius 3 is 3.22 bits per heavy atom. The number of hydrogen-bond acceptors (Lipinski definition) is 6. The van der Waals surface area contributed by atoms with Crippen LogP contribution in [0.4, 0.5) is 11.6 Å². The Labute approximate surface area is 107 Å². The summed E-state index contributed by atoms with van der Waals surface area (Å²) in [4.78, 5) is 17.9. The van der Waals surface area contributed by atoms with Gasteiger partial charge in [-0.25, -0.2) is 0 Å². The largest absolute Gasteiger partial charge is 0.373 e. The molecule has 96 valence electrons. The molecule has 3 heterocycles. The van der Waals surface area contributed by atoms with E-state index in [1.807, 2.05) is 4.90 Å². The second-order valence-corrected chi connectivity index (χ2v) is 5.25. The smallest absolute Gasteiger partial charge is 0.358 e. The summed E-state index contributed by atoms with van der Waals surface area (Å²) in [5.41, 5.74) is 0. The highest BCUT2D eigenvalue weighted by molar-refractivity contribution is 7.15. The molecular weight excluding hydrogens is 254 g/mol. The van der Waals surface area contributed by atoms with Gasteiger partial charge in [-0.3, -0.25) is 0 Å². The van der Waals surface area contributed by atoms with Crippen molar-refractivity contribution in [2.45, 2.75) is 13.0 Å². The Morgan fingerprint density at radius 2 is 2.50 bits per heavy atom. The maximum atomic E-state index is 11.2. The second kappa shape index (κ2) is 4.21. The number of imidazole rings is 1. The van der Waals surface area contributed by atoms with E-state index in [0.29, 0.717) is 16.8 Å². The molecule has 0 aliphatic carbocycles. The van der Waals surface area contributed by atoms with Gasteiger partial charge in [-0.1, -0.05) is 11.3 Å². The topological polar surface area (TPSA) is 75.7 Å². The van der Waals surface area contributed by atoms with Gasteiger partial charge in [0.05, 0.1) is 0 Å². The molecule has 7 nitrogen and oxygen atoms in total. The molecule has 18 heavy (non-hydrogen) atoms. The van der Waals surface area contributed by atoms with E-state index < -0.39 is 0 Å². The minimum atomic E-state index is -0.352. The number of nitro groups is 1. The lowest BCUT2D eigenvalue weighted by molar-refractivity contribution is -0.389.